The predicted octanol–water partition coefficient (Wildman–Crippen LogP) is 8.92. The van der Waals surface area contributed by atoms with Gasteiger partial charge in [0.1, 0.15) is 79.3 Å². The molecule has 38 heteroatoms. The third kappa shape index (κ3) is 17.4. The number of nitrogen functional groups attached to an aromatic ring is 4. The van der Waals surface area contributed by atoms with Crippen LogP contribution in [0.1, 0.15) is 74.4 Å². The highest BCUT2D eigenvalue weighted by Crippen LogP contribution is 2.30. The fraction of sp³-hybridized carbons (Fsp3) is 0.232. The Morgan fingerprint density at radius 1 is 0.374 bits per heavy atom. The zero-order valence-electron chi connectivity index (χ0n) is 59.0. The van der Waals surface area contributed by atoms with Crippen LogP contribution in [0.25, 0.3) is 44.1 Å². The fourth-order valence-electron chi connectivity index (χ4n) is 11.4. The summed E-state index contributed by atoms with van der Waals surface area (Å²) < 4.78 is 62.5. The molecular formula is C69H72FN29O8. The number of pyridine rings is 2. The molecule has 16 heterocycles. The van der Waals surface area contributed by atoms with Gasteiger partial charge in [0, 0.05) is 66.9 Å². The van der Waals surface area contributed by atoms with Crippen molar-refractivity contribution in [3.63, 3.8) is 0 Å². The number of hydrogen-bond donors (Lipinski definition) is 8. The lowest BCUT2D eigenvalue weighted by Crippen LogP contribution is -2.10. The smallest absolute Gasteiger partial charge is 0.222 e. The van der Waals surface area contributed by atoms with Gasteiger partial charge in [0.25, 0.3) is 0 Å². The summed E-state index contributed by atoms with van der Waals surface area (Å²) in [5, 5.41) is 32.9. The Kier molecular flexibility index (Phi) is 21.2. The molecule has 0 unspecified atom stereocenters. The van der Waals surface area contributed by atoms with Crippen LogP contribution in [-0.4, -0.2) is 125 Å². The van der Waals surface area contributed by atoms with Gasteiger partial charge in [-0.3, -0.25) is 0 Å². The van der Waals surface area contributed by atoms with E-state index in [2.05, 4.69) is 107 Å². The lowest BCUT2D eigenvalue weighted by molar-refractivity contribution is 0.367. The van der Waals surface area contributed by atoms with E-state index >= 15 is 0 Å². The Hall–Kier alpha value is -14.4. The molecule has 0 fully saturated rings. The van der Waals surface area contributed by atoms with Crippen LogP contribution >= 0.6 is 0 Å². The van der Waals surface area contributed by atoms with Crippen molar-refractivity contribution < 1.29 is 41.2 Å². The summed E-state index contributed by atoms with van der Waals surface area (Å²) in [5.41, 5.74) is 34.9. The van der Waals surface area contributed by atoms with Crippen molar-refractivity contribution in [2.24, 2.45) is 0 Å². The highest BCUT2D eigenvalue weighted by atomic mass is 19.1. The lowest BCUT2D eigenvalue weighted by atomic mass is 10.2. The average Bonchev–Trinajstić information content (AvgIpc) is 1.68. The topological polar surface area (TPSA) is 484 Å². The molecule has 16 aromatic heterocycles. The van der Waals surface area contributed by atoms with Crippen molar-refractivity contribution in [2.45, 2.75) is 87.0 Å². The number of aryl methyl sites for hydroxylation is 5. The van der Waals surface area contributed by atoms with E-state index in [9.17, 15) is 4.39 Å². The van der Waals surface area contributed by atoms with Gasteiger partial charge in [-0.1, -0.05) is 37.9 Å². The maximum absolute atomic E-state index is 13.4. The van der Waals surface area contributed by atoms with Crippen LogP contribution in [0.2, 0.25) is 0 Å². The van der Waals surface area contributed by atoms with E-state index in [0.717, 1.165) is 95.9 Å². The molecule has 0 amide bonds. The third-order valence-corrected chi connectivity index (χ3v) is 15.9. The minimum absolute atomic E-state index is 0.165. The Bertz CT molecular complexity index is 5710. The second kappa shape index (κ2) is 31.9. The molecular weight excluding hydrogens is 1380 g/mol. The molecule has 0 spiro atoms. The van der Waals surface area contributed by atoms with Crippen LogP contribution in [0.4, 0.5) is 51.5 Å². The number of halogens is 1. The maximum atomic E-state index is 13.4. The Labute approximate surface area is 606 Å². The molecule has 107 heavy (non-hydrogen) atoms. The maximum Gasteiger partial charge on any atom is 0.222 e. The van der Waals surface area contributed by atoms with Gasteiger partial charge in [-0.05, 0) is 77.1 Å². The van der Waals surface area contributed by atoms with Crippen LogP contribution < -0.4 is 58.4 Å². The van der Waals surface area contributed by atoms with Crippen molar-refractivity contribution >= 4 is 91.2 Å². The quantitative estimate of drug-likeness (QED) is 0.0277. The Morgan fingerprint density at radius 3 is 1.07 bits per heavy atom. The van der Waals surface area contributed by atoms with Crippen molar-refractivity contribution in [2.75, 3.05) is 65.5 Å². The monoisotopic (exact) mass is 1450 g/mol. The molecule has 0 aromatic carbocycles. The Morgan fingerprint density at radius 2 is 0.729 bits per heavy atom. The number of methoxy groups -OCH3 is 3. The second-order valence-electron chi connectivity index (χ2n) is 24.0. The van der Waals surface area contributed by atoms with Crippen molar-refractivity contribution in [1.82, 2.24) is 104 Å². The first-order chi connectivity index (χ1) is 51.8. The minimum Gasteiger partial charge on any atom is -0.481 e. The van der Waals surface area contributed by atoms with E-state index < -0.39 is 5.95 Å². The third-order valence-electron chi connectivity index (χ3n) is 15.9. The number of aromatic nitrogens is 21. The molecule has 37 nitrogen and oxygen atoms in total. The van der Waals surface area contributed by atoms with Crippen LogP contribution in [0.3, 0.4) is 0 Å². The summed E-state index contributed by atoms with van der Waals surface area (Å²) >= 11 is 0. The fourth-order valence-corrected chi connectivity index (χ4v) is 11.4. The number of rotatable bonds is 23. The summed E-state index contributed by atoms with van der Waals surface area (Å²) in [7, 11) is 4.69. The van der Waals surface area contributed by atoms with Gasteiger partial charge in [0.2, 0.25) is 47.4 Å². The normalized spacial score (nSPS) is 11.1. The number of anilines is 8. The van der Waals surface area contributed by atoms with Crippen LogP contribution in [0.15, 0.2) is 145 Å². The number of ether oxygens (including phenoxy) is 3. The van der Waals surface area contributed by atoms with E-state index in [1.165, 1.54) is 6.07 Å². The Balaban J connectivity index is 0.000000126. The molecule has 0 radical (unpaired) electrons. The first kappa shape index (κ1) is 71.1. The standard InChI is InChI=1S/C18H20N8O3.C18H19N7O2.C17H16FN7O.C16H17N7O2/c1-10-6-11(25-29-10)8-20-17-16-12(21-18(19)24-17)4-5-26(16)9-13-22-14(27-2)7-15(23-13)28-3;1-11-8-13(24-27-11)9-21-16-15-14(22-18(19)23-16)5-7-25(15)10-12-4-3-6-20-17(12)26-2;1-10-7-12(24-26-10)8-20-16-15-13(22-17(19)23-16)5-6-25(15)9-11-3-2-4-14(18)21-11;1-9-5-11(21-24-9)7-18-15-14-13(19-16(17)20-15)3-4-23(14)8-12-6-10(2)25-22-12/h4-7H,8-9H2,1-3H3,(H3,19,20,21,24);3-8H,9-10H2,1-2H3,(H3,19,21,22,23);2-7H,8-9H2,1H3,(H3,19,20,22,23);3-6H,7-8H2,1-2H3,(H3,17,18,19,20). The molecule has 0 aliphatic rings. The molecule has 0 saturated carbocycles. The molecule has 16 rings (SSSR count). The largest absolute Gasteiger partial charge is 0.481 e. The zero-order chi connectivity index (χ0) is 74.7. The number of nitrogens with zero attached hydrogens (tertiary/aromatic N) is 21. The second-order valence-corrected chi connectivity index (χ2v) is 24.0. The highest BCUT2D eigenvalue weighted by Gasteiger charge is 2.20. The number of nitrogens with two attached hydrogens (primary N) is 4. The van der Waals surface area contributed by atoms with E-state index in [-0.39, 0.29) is 23.8 Å². The SMILES string of the molecule is COc1cc(OC)nc(Cn2ccc3nc(N)nc(NCc4cc(C)on4)c32)n1.COc1ncccc1Cn1ccc2nc(N)nc(NCc3cc(C)on3)c21.Cc1cc(CNc2nc(N)nc3ccn(Cc4cc(C)on4)c23)no1.Cc1cc(CNc2nc(N)nc3ccn(Cc4cccc(F)n4)c23)no1. The zero-order valence-corrected chi connectivity index (χ0v) is 59.0. The van der Waals surface area contributed by atoms with Crippen LogP contribution in [0, 0.1) is 40.6 Å². The molecule has 16 aromatic rings. The highest BCUT2D eigenvalue weighted by molar-refractivity contribution is 5.90. The molecule has 0 bridgehead atoms. The minimum atomic E-state index is -0.515. The molecule has 0 aliphatic carbocycles. The molecule has 548 valence electrons. The van der Waals surface area contributed by atoms with Gasteiger partial charge in [-0.15, -0.1) is 0 Å². The molecule has 0 atom stereocenters. The van der Waals surface area contributed by atoms with Crippen molar-refractivity contribution in [1.29, 1.82) is 0 Å². The lowest BCUT2D eigenvalue weighted by Gasteiger charge is -2.12. The number of nitrogens with one attached hydrogen (secondary N) is 4. The number of hydrogen-bond acceptors (Lipinski definition) is 33. The van der Waals surface area contributed by atoms with Crippen LogP contribution in [-0.2, 0) is 52.4 Å². The van der Waals surface area contributed by atoms with Gasteiger partial charge in [0.05, 0.1) is 108 Å². The molecule has 0 saturated heterocycles. The van der Waals surface area contributed by atoms with Gasteiger partial charge >= 0.3 is 0 Å². The van der Waals surface area contributed by atoms with Gasteiger partial charge in [-0.2, -0.15) is 34.3 Å². The van der Waals surface area contributed by atoms with E-state index in [4.69, 9.17) is 59.8 Å². The van der Waals surface area contributed by atoms with E-state index in [0.29, 0.717) is 116 Å². The number of fused-ring (bicyclic) bond motifs is 4. The van der Waals surface area contributed by atoms with Gasteiger partial charge in [-0.25, -0.2) is 29.9 Å². The van der Waals surface area contributed by atoms with Crippen molar-refractivity contribution in [3.05, 3.63) is 202 Å². The summed E-state index contributed by atoms with van der Waals surface area (Å²) in [6.45, 7) is 12.9. The molecule has 0 aliphatic heterocycles. The van der Waals surface area contributed by atoms with E-state index in [1.54, 1.807) is 45.7 Å². The van der Waals surface area contributed by atoms with Crippen LogP contribution in [0.5, 0.6) is 17.6 Å². The first-order valence-corrected chi connectivity index (χ1v) is 33.0. The predicted molar refractivity (Wildman–Crippen MR) is 390 cm³/mol. The van der Waals surface area contributed by atoms with Gasteiger partial charge in [0.15, 0.2) is 29.1 Å². The summed E-state index contributed by atoms with van der Waals surface area (Å²) in [4.78, 5) is 51.4. The average molecular weight is 1450 g/mol. The van der Waals surface area contributed by atoms with Gasteiger partial charge < -0.3 is 99.3 Å². The summed E-state index contributed by atoms with van der Waals surface area (Å²) in [6, 6.07) is 27.0. The molecule has 12 N–H and O–H groups in total. The summed E-state index contributed by atoms with van der Waals surface area (Å²) in [6.07, 6.45) is 9.29. The summed E-state index contributed by atoms with van der Waals surface area (Å²) in [5.74, 6) is 8.35. The van der Waals surface area contributed by atoms with Crippen molar-refractivity contribution in [3.8, 4) is 17.6 Å². The first-order valence-electron chi connectivity index (χ1n) is 33.0. The van der Waals surface area contributed by atoms with E-state index in [1.807, 2.05) is 144 Å².